The molecule has 0 fully saturated rings. The largest absolute Gasteiger partial charge is 0.299 e. The van der Waals surface area contributed by atoms with Gasteiger partial charge in [-0.15, -0.1) is 0 Å². The van der Waals surface area contributed by atoms with Gasteiger partial charge in [0.2, 0.25) is 5.91 Å². The van der Waals surface area contributed by atoms with Crippen LogP contribution in [0.3, 0.4) is 0 Å². The average Bonchev–Trinajstić information content (AvgIpc) is 2.50. The van der Waals surface area contributed by atoms with Crippen LogP contribution in [0.4, 0.5) is 0 Å². The minimum Gasteiger partial charge on any atom is -0.299 e. The molecule has 1 atom stereocenters. The third-order valence-electron chi connectivity index (χ3n) is 3.70. The number of nitrogens with zero attached hydrogens (tertiary/aromatic N) is 1. The fraction of sp³-hybridized carbons (Fsp3) is 0.562. The quantitative estimate of drug-likeness (QED) is 0.436. The van der Waals surface area contributed by atoms with Gasteiger partial charge >= 0.3 is 0 Å². The molecule has 0 spiro atoms. The fourth-order valence-corrected chi connectivity index (χ4v) is 2.18. The molecule has 0 aliphatic heterocycles. The first-order valence-electron chi connectivity index (χ1n) is 7.44. The molecule has 0 heterocycles. The molecule has 1 aromatic rings. The highest BCUT2D eigenvalue weighted by Gasteiger charge is 2.13. The summed E-state index contributed by atoms with van der Waals surface area (Å²) < 4.78 is 0. The van der Waals surface area contributed by atoms with Gasteiger partial charge in [0.05, 0.1) is 5.92 Å². The molecule has 0 radical (unpaired) electrons. The van der Waals surface area contributed by atoms with E-state index < -0.39 is 0 Å². The summed E-state index contributed by atoms with van der Waals surface area (Å²) in [5.74, 6) is 4.80. The van der Waals surface area contributed by atoms with E-state index in [1.807, 2.05) is 19.1 Å². The van der Waals surface area contributed by atoms with E-state index in [1.165, 1.54) is 18.4 Å². The first kappa shape index (κ1) is 16.7. The lowest BCUT2D eigenvalue weighted by Gasteiger charge is -2.20. The van der Waals surface area contributed by atoms with Crippen LogP contribution in [0.5, 0.6) is 0 Å². The maximum Gasteiger partial charge on any atom is 0.241 e. The zero-order chi connectivity index (χ0) is 15.0. The number of amides is 1. The molecule has 0 bridgehead atoms. The van der Waals surface area contributed by atoms with E-state index in [2.05, 4.69) is 36.3 Å². The lowest BCUT2D eigenvalue weighted by Crippen LogP contribution is -2.33. The topological polar surface area (TPSA) is 58.4 Å². The van der Waals surface area contributed by atoms with Crippen molar-refractivity contribution in [1.82, 2.24) is 10.3 Å². The second-order valence-electron chi connectivity index (χ2n) is 5.19. The van der Waals surface area contributed by atoms with Crippen molar-refractivity contribution in [3.8, 4) is 0 Å². The molecule has 1 unspecified atom stereocenters. The SMILES string of the molecule is CCCCN(CC)Cc1ccc(C(C)C(=O)NN)cc1. The second kappa shape index (κ2) is 8.72. The summed E-state index contributed by atoms with van der Waals surface area (Å²) in [4.78, 5) is 13.9. The fourth-order valence-electron chi connectivity index (χ4n) is 2.18. The van der Waals surface area contributed by atoms with Gasteiger partial charge in [-0.1, -0.05) is 44.5 Å². The van der Waals surface area contributed by atoms with Crippen molar-refractivity contribution in [2.75, 3.05) is 13.1 Å². The third-order valence-corrected chi connectivity index (χ3v) is 3.70. The van der Waals surface area contributed by atoms with Crippen LogP contribution in [-0.4, -0.2) is 23.9 Å². The number of hydrogen-bond donors (Lipinski definition) is 2. The summed E-state index contributed by atoms with van der Waals surface area (Å²) in [6.45, 7) is 9.43. The molecule has 1 aromatic carbocycles. The van der Waals surface area contributed by atoms with Crippen molar-refractivity contribution in [3.05, 3.63) is 35.4 Å². The number of nitrogens with two attached hydrogens (primary N) is 1. The van der Waals surface area contributed by atoms with Crippen LogP contribution in [0.1, 0.15) is 50.7 Å². The van der Waals surface area contributed by atoms with E-state index in [0.717, 1.165) is 25.2 Å². The number of hydrazine groups is 1. The summed E-state index contributed by atoms with van der Waals surface area (Å²) in [7, 11) is 0. The molecule has 1 amide bonds. The van der Waals surface area contributed by atoms with Crippen LogP contribution in [0.2, 0.25) is 0 Å². The highest BCUT2D eigenvalue weighted by atomic mass is 16.2. The molecular formula is C16H27N3O. The van der Waals surface area contributed by atoms with Crippen molar-refractivity contribution in [3.63, 3.8) is 0 Å². The first-order valence-corrected chi connectivity index (χ1v) is 7.44. The molecule has 3 N–H and O–H groups in total. The van der Waals surface area contributed by atoms with E-state index in [1.54, 1.807) is 0 Å². The Labute approximate surface area is 122 Å². The van der Waals surface area contributed by atoms with Gasteiger partial charge in [0.25, 0.3) is 0 Å². The van der Waals surface area contributed by atoms with Crippen LogP contribution < -0.4 is 11.3 Å². The van der Waals surface area contributed by atoms with Gasteiger partial charge in [0.1, 0.15) is 0 Å². The lowest BCUT2D eigenvalue weighted by atomic mass is 9.99. The maximum absolute atomic E-state index is 11.5. The smallest absolute Gasteiger partial charge is 0.241 e. The van der Waals surface area contributed by atoms with E-state index in [9.17, 15) is 4.79 Å². The van der Waals surface area contributed by atoms with Crippen LogP contribution in [0, 0.1) is 0 Å². The summed E-state index contributed by atoms with van der Waals surface area (Å²) >= 11 is 0. The molecule has 0 saturated heterocycles. The van der Waals surface area contributed by atoms with Gasteiger partial charge in [-0.2, -0.15) is 0 Å². The Balaban J connectivity index is 2.63. The molecule has 4 nitrogen and oxygen atoms in total. The molecular weight excluding hydrogens is 250 g/mol. The molecule has 112 valence electrons. The average molecular weight is 277 g/mol. The minimum absolute atomic E-state index is 0.157. The van der Waals surface area contributed by atoms with Crippen LogP contribution in [0.25, 0.3) is 0 Å². The zero-order valence-corrected chi connectivity index (χ0v) is 12.9. The predicted molar refractivity (Wildman–Crippen MR) is 83.0 cm³/mol. The Morgan fingerprint density at radius 3 is 2.45 bits per heavy atom. The van der Waals surface area contributed by atoms with Crippen molar-refractivity contribution >= 4 is 5.91 Å². The first-order chi connectivity index (χ1) is 9.62. The summed E-state index contributed by atoms with van der Waals surface area (Å²) in [6.07, 6.45) is 2.46. The number of benzene rings is 1. The molecule has 0 saturated carbocycles. The standard InChI is InChI=1S/C16H27N3O/c1-4-6-11-19(5-2)12-14-7-9-15(10-8-14)13(3)16(20)18-17/h7-10,13H,4-6,11-12,17H2,1-3H3,(H,18,20). The maximum atomic E-state index is 11.5. The zero-order valence-electron chi connectivity index (χ0n) is 12.9. The summed E-state index contributed by atoms with van der Waals surface area (Å²) in [6, 6.07) is 8.24. The lowest BCUT2D eigenvalue weighted by molar-refractivity contribution is -0.122. The Hall–Kier alpha value is -1.39. The molecule has 4 heteroatoms. The number of carbonyl (C=O) groups excluding carboxylic acids is 1. The monoisotopic (exact) mass is 277 g/mol. The number of carbonyl (C=O) groups is 1. The second-order valence-corrected chi connectivity index (χ2v) is 5.19. The Morgan fingerprint density at radius 1 is 1.30 bits per heavy atom. The van der Waals surface area contributed by atoms with Crippen molar-refractivity contribution in [2.24, 2.45) is 5.84 Å². The molecule has 0 aromatic heterocycles. The summed E-state index contributed by atoms with van der Waals surface area (Å²) in [5, 5.41) is 0. The van der Waals surface area contributed by atoms with Crippen molar-refractivity contribution < 1.29 is 4.79 Å². The Kier molecular flexibility index (Phi) is 7.26. The Morgan fingerprint density at radius 2 is 1.95 bits per heavy atom. The van der Waals surface area contributed by atoms with E-state index in [-0.39, 0.29) is 11.8 Å². The van der Waals surface area contributed by atoms with E-state index in [4.69, 9.17) is 5.84 Å². The molecule has 1 rings (SSSR count). The predicted octanol–water partition coefficient (Wildman–Crippen LogP) is 2.40. The van der Waals surface area contributed by atoms with E-state index in [0.29, 0.717) is 0 Å². The number of unbranched alkanes of at least 4 members (excludes halogenated alkanes) is 1. The highest BCUT2D eigenvalue weighted by molar-refractivity contribution is 5.82. The van der Waals surface area contributed by atoms with E-state index >= 15 is 0 Å². The van der Waals surface area contributed by atoms with Crippen LogP contribution >= 0.6 is 0 Å². The minimum atomic E-state index is -0.212. The van der Waals surface area contributed by atoms with Gasteiger partial charge in [0.15, 0.2) is 0 Å². The van der Waals surface area contributed by atoms with Crippen LogP contribution in [0.15, 0.2) is 24.3 Å². The Bertz CT molecular complexity index is 403. The van der Waals surface area contributed by atoms with Gasteiger partial charge in [0, 0.05) is 6.54 Å². The van der Waals surface area contributed by atoms with Crippen molar-refractivity contribution in [1.29, 1.82) is 0 Å². The number of nitrogens with one attached hydrogen (secondary N) is 1. The molecule has 20 heavy (non-hydrogen) atoms. The van der Waals surface area contributed by atoms with Gasteiger partial charge < -0.3 is 0 Å². The van der Waals surface area contributed by atoms with Crippen LogP contribution in [-0.2, 0) is 11.3 Å². The summed E-state index contributed by atoms with van der Waals surface area (Å²) in [5.41, 5.74) is 4.47. The van der Waals surface area contributed by atoms with Gasteiger partial charge in [-0.3, -0.25) is 15.1 Å². The van der Waals surface area contributed by atoms with Gasteiger partial charge in [-0.25, -0.2) is 5.84 Å². The van der Waals surface area contributed by atoms with Crippen molar-refractivity contribution in [2.45, 2.75) is 46.1 Å². The highest BCUT2D eigenvalue weighted by Crippen LogP contribution is 2.16. The normalized spacial score (nSPS) is 12.4. The third kappa shape index (κ3) is 4.94. The molecule has 0 aliphatic rings. The number of rotatable bonds is 8. The van der Waals surface area contributed by atoms with Gasteiger partial charge in [-0.05, 0) is 37.6 Å². The number of hydrogen-bond acceptors (Lipinski definition) is 3. The molecule has 0 aliphatic carbocycles.